The molecule has 0 bridgehead atoms. The van der Waals surface area contributed by atoms with Crippen molar-refractivity contribution in [3.63, 3.8) is 0 Å². The summed E-state index contributed by atoms with van der Waals surface area (Å²) in [5.74, 6) is 5.29. The van der Waals surface area contributed by atoms with E-state index in [4.69, 9.17) is 35.3 Å². The summed E-state index contributed by atoms with van der Waals surface area (Å²) in [6, 6.07) is 19.2. The minimum Gasteiger partial charge on any atom is -0.496 e. The number of hydrogen-bond donors (Lipinski definition) is 0. The van der Waals surface area contributed by atoms with E-state index in [1.807, 2.05) is 60.7 Å². The van der Waals surface area contributed by atoms with Gasteiger partial charge < -0.3 is 18.9 Å². The zero-order valence-electron chi connectivity index (χ0n) is 20.8. The van der Waals surface area contributed by atoms with Crippen LogP contribution in [0.3, 0.4) is 0 Å². The van der Waals surface area contributed by atoms with E-state index in [1.165, 1.54) is 0 Å². The molecule has 2 aromatic heterocycles. The third-order valence-corrected chi connectivity index (χ3v) is 6.81. The molecule has 3 aromatic carbocycles. The van der Waals surface area contributed by atoms with Gasteiger partial charge in [-0.3, -0.25) is 0 Å². The minimum absolute atomic E-state index is 0.581. The lowest BCUT2D eigenvalue weighted by molar-refractivity contribution is 0.397. The van der Waals surface area contributed by atoms with Crippen molar-refractivity contribution >= 4 is 37.7 Å². The standard InChI is InChI=1S/C30H23BrN2O4/c1-6-17-15-18-13-14-19-16-20(31)30(26-23(36-4)11-8-12-24(26)37-5)33-29(19)28(18)32-27(17)25-21(34-2)9-7-10-22(25)35-3/h1,7-16H,2-5H3. The first-order chi connectivity index (χ1) is 18.0. The zero-order chi connectivity index (χ0) is 26.1. The van der Waals surface area contributed by atoms with Gasteiger partial charge in [0.15, 0.2) is 0 Å². The number of pyridine rings is 2. The van der Waals surface area contributed by atoms with Gasteiger partial charge in [0, 0.05) is 15.2 Å². The van der Waals surface area contributed by atoms with E-state index < -0.39 is 0 Å². The van der Waals surface area contributed by atoms with Crippen molar-refractivity contribution < 1.29 is 18.9 Å². The highest BCUT2D eigenvalue weighted by molar-refractivity contribution is 9.10. The maximum atomic E-state index is 5.94. The predicted molar refractivity (Wildman–Crippen MR) is 150 cm³/mol. The molecular formula is C30H23BrN2O4. The van der Waals surface area contributed by atoms with Crippen molar-refractivity contribution in [2.24, 2.45) is 0 Å². The van der Waals surface area contributed by atoms with Crippen molar-refractivity contribution in [1.29, 1.82) is 0 Å². The van der Waals surface area contributed by atoms with Crippen molar-refractivity contribution in [3.8, 4) is 57.9 Å². The number of methoxy groups -OCH3 is 4. The van der Waals surface area contributed by atoms with Gasteiger partial charge >= 0.3 is 0 Å². The second-order valence-corrected chi connectivity index (χ2v) is 8.99. The van der Waals surface area contributed by atoms with E-state index in [-0.39, 0.29) is 0 Å². The molecule has 5 rings (SSSR count). The van der Waals surface area contributed by atoms with Gasteiger partial charge in [0.05, 0.1) is 67.6 Å². The number of hydrogen-bond acceptors (Lipinski definition) is 6. The fourth-order valence-corrected chi connectivity index (χ4v) is 5.02. The second kappa shape index (κ2) is 10.00. The molecule has 0 amide bonds. The molecule has 0 aliphatic carbocycles. The molecule has 0 N–H and O–H groups in total. The Balaban J connectivity index is 1.88. The van der Waals surface area contributed by atoms with Crippen LogP contribution in [0.2, 0.25) is 0 Å². The fourth-order valence-electron chi connectivity index (χ4n) is 4.49. The van der Waals surface area contributed by atoms with Crippen molar-refractivity contribution in [3.05, 3.63) is 70.7 Å². The number of benzene rings is 3. The van der Waals surface area contributed by atoms with E-state index in [0.717, 1.165) is 20.8 Å². The average Bonchev–Trinajstić information content (AvgIpc) is 2.94. The Kier molecular flexibility index (Phi) is 6.60. The highest BCUT2D eigenvalue weighted by Crippen LogP contribution is 2.43. The van der Waals surface area contributed by atoms with Crippen LogP contribution in [0, 0.1) is 12.3 Å². The highest BCUT2D eigenvalue weighted by Gasteiger charge is 2.21. The first-order valence-electron chi connectivity index (χ1n) is 11.4. The van der Waals surface area contributed by atoms with E-state index in [9.17, 15) is 0 Å². The molecule has 0 unspecified atom stereocenters. The molecule has 0 atom stereocenters. The quantitative estimate of drug-likeness (QED) is 0.168. The maximum absolute atomic E-state index is 5.94. The summed E-state index contributed by atoms with van der Waals surface area (Å²) in [4.78, 5) is 10.2. The summed E-state index contributed by atoms with van der Waals surface area (Å²) in [5, 5.41) is 1.78. The first kappa shape index (κ1) is 24.4. The number of terminal acetylenes is 1. The first-order valence-corrected chi connectivity index (χ1v) is 12.2. The Hall–Kier alpha value is -4.28. The number of halogens is 1. The lowest BCUT2D eigenvalue weighted by atomic mass is 10.00. The maximum Gasteiger partial charge on any atom is 0.132 e. The van der Waals surface area contributed by atoms with Gasteiger partial charge in [-0.2, -0.15) is 0 Å². The second-order valence-electron chi connectivity index (χ2n) is 8.13. The third kappa shape index (κ3) is 4.09. The number of ether oxygens (including phenoxy) is 4. The monoisotopic (exact) mass is 554 g/mol. The summed E-state index contributed by atoms with van der Waals surface area (Å²) in [5.41, 5.74) is 4.71. The van der Waals surface area contributed by atoms with Gasteiger partial charge in [-0.1, -0.05) is 30.2 Å². The lowest BCUT2D eigenvalue weighted by Gasteiger charge is -2.16. The molecule has 37 heavy (non-hydrogen) atoms. The molecule has 2 heterocycles. The molecule has 0 spiro atoms. The van der Waals surface area contributed by atoms with E-state index in [1.54, 1.807) is 28.4 Å². The smallest absolute Gasteiger partial charge is 0.132 e. The van der Waals surface area contributed by atoms with E-state index >= 15 is 0 Å². The zero-order valence-corrected chi connectivity index (χ0v) is 22.3. The molecule has 6 nitrogen and oxygen atoms in total. The van der Waals surface area contributed by atoms with Gasteiger partial charge in [-0.05, 0) is 52.3 Å². The molecule has 0 fully saturated rings. The molecule has 0 saturated carbocycles. The Morgan fingerprint density at radius 1 is 0.649 bits per heavy atom. The van der Waals surface area contributed by atoms with Crippen LogP contribution in [0.5, 0.6) is 23.0 Å². The topological polar surface area (TPSA) is 62.7 Å². The number of nitrogens with zero attached hydrogens (tertiary/aromatic N) is 2. The van der Waals surface area contributed by atoms with Crippen molar-refractivity contribution in [2.75, 3.05) is 28.4 Å². The van der Waals surface area contributed by atoms with E-state index in [2.05, 4.69) is 21.9 Å². The van der Waals surface area contributed by atoms with Crippen molar-refractivity contribution in [2.45, 2.75) is 0 Å². The van der Waals surface area contributed by atoms with Gasteiger partial charge in [0.1, 0.15) is 23.0 Å². The highest BCUT2D eigenvalue weighted by atomic mass is 79.9. The average molecular weight is 555 g/mol. The largest absolute Gasteiger partial charge is 0.496 e. The minimum atomic E-state index is 0.581. The third-order valence-electron chi connectivity index (χ3n) is 6.21. The SMILES string of the molecule is C#Cc1cc2ccc3cc(Br)c(-c4c(OC)cccc4OC)nc3c2nc1-c1c(OC)cccc1OC. The van der Waals surface area contributed by atoms with Crippen LogP contribution in [0.1, 0.15) is 5.56 Å². The summed E-state index contributed by atoms with van der Waals surface area (Å²) in [6.45, 7) is 0. The Morgan fingerprint density at radius 3 is 1.54 bits per heavy atom. The molecular weight excluding hydrogens is 532 g/mol. The van der Waals surface area contributed by atoms with Crippen LogP contribution in [0.4, 0.5) is 0 Å². The molecule has 7 heteroatoms. The number of rotatable bonds is 6. The van der Waals surface area contributed by atoms with Crippen LogP contribution in [0.25, 0.3) is 44.3 Å². The predicted octanol–water partition coefficient (Wildman–Crippen LogP) is 6.90. The normalized spacial score (nSPS) is 10.8. The molecule has 184 valence electrons. The molecule has 0 saturated heterocycles. The molecule has 0 radical (unpaired) electrons. The number of aromatic nitrogens is 2. The molecule has 5 aromatic rings. The van der Waals surface area contributed by atoms with Gasteiger partial charge in [-0.25, -0.2) is 9.97 Å². The Labute approximate surface area is 223 Å². The number of fused-ring (bicyclic) bond motifs is 3. The van der Waals surface area contributed by atoms with Gasteiger partial charge in [0.2, 0.25) is 0 Å². The van der Waals surface area contributed by atoms with E-state index in [0.29, 0.717) is 56.5 Å². The molecule has 0 aliphatic rings. The molecule has 0 aliphatic heterocycles. The van der Waals surface area contributed by atoms with Crippen molar-refractivity contribution in [1.82, 2.24) is 9.97 Å². The Morgan fingerprint density at radius 2 is 1.08 bits per heavy atom. The van der Waals surface area contributed by atoms with Crippen LogP contribution in [0.15, 0.2) is 65.1 Å². The van der Waals surface area contributed by atoms with Crippen LogP contribution in [-0.4, -0.2) is 38.4 Å². The summed E-state index contributed by atoms with van der Waals surface area (Å²) in [7, 11) is 6.46. The lowest BCUT2D eigenvalue weighted by Crippen LogP contribution is -1.99. The summed E-state index contributed by atoms with van der Waals surface area (Å²) < 4.78 is 23.4. The van der Waals surface area contributed by atoms with Gasteiger partial charge in [0.25, 0.3) is 0 Å². The van der Waals surface area contributed by atoms with Crippen LogP contribution in [-0.2, 0) is 0 Å². The summed E-state index contributed by atoms with van der Waals surface area (Å²) in [6.07, 6.45) is 5.94. The van der Waals surface area contributed by atoms with Crippen LogP contribution < -0.4 is 18.9 Å². The van der Waals surface area contributed by atoms with Crippen LogP contribution >= 0.6 is 15.9 Å². The Bertz CT molecular complexity index is 1660. The fraction of sp³-hybridized carbons (Fsp3) is 0.133. The van der Waals surface area contributed by atoms with Gasteiger partial charge in [-0.15, -0.1) is 6.42 Å². The summed E-state index contributed by atoms with van der Waals surface area (Å²) >= 11 is 3.70.